The summed E-state index contributed by atoms with van der Waals surface area (Å²) in [5.41, 5.74) is 4.38. The number of ether oxygens (including phenoxy) is 3. The third-order valence-electron chi connectivity index (χ3n) is 3.77. The van der Waals surface area contributed by atoms with E-state index >= 15 is 0 Å². The minimum Gasteiger partial charge on any atom is -0.466 e. The van der Waals surface area contributed by atoms with E-state index < -0.39 is 0 Å². The normalized spacial score (nSPS) is 14.4. The molecule has 0 spiro atoms. The molecule has 0 unspecified atom stereocenters. The highest BCUT2D eigenvalue weighted by Crippen LogP contribution is 2.26. The number of hydrogen-bond acceptors (Lipinski definition) is 4. The Morgan fingerprint density at radius 2 is 2.00 bits per heavy atom. The van der Waals surface area contributed by atoms with E-state index in [9.17, 15) is 0 Å². The van der Waals surface area contributed by atoms with Gasteiger partial charge in [-0.2, -0.15) is 0 Å². The van der Waals surface area contributed by atoms with E-state index in [1.54, 1.807) is 7.11 Å². The Morgan fingerprint density at radius 1 is 1.13 bits per heavy atom. The Labute approximate surface area is 136 Å². The predicted octanol–water partition coefficient (Wildman–Crippen LogP) is 3.46. The molecule has 1 aromatic heterocycles. The molecule has 0 radical (unpaired) electrons. The molecule has 0 atom stereocenters. The van der Waals surface area contributed by atoms with Gasteiger partial charge in [-0.05, 0) is 29.7 Å². The summed E-state index contributed by atoms with van der Waals surface area (Å²) in [5, 5.41) is 0. The molecule has 1 aliphatic heterocycles. The molecule has 23 heavy (non-hydrogen) atoms. The van der Waals surface area contributed by atoms with Gasteiger partial charge in [0.2, 0.25) is 0 Å². The number of methoxy groups -OCH3 is 1. The van der Waals surface area contributed by atoms with Gasteiger partial charge < -0.3 is 14.2 Å². The van der Waals surface area contributed by atoms with Crippen LogP contribution in [0, 0.1) is 0 Å². The lowest BCUT2D eigenvalue weighted by Crippen LogP contribution is -2.08. The first-order valence-corrected chi connectivity index (χ1v) is 7.79. The first kappa shape index (κ1) is 15.7. The predicted molar refractivity (Wildman–Crippen MR) is 89.4 cm³/mol. The van der Waals surface area contributed by atoms with Crippen LogP contribution in [0.25, 0.3) is 5.57 Å². The van der Waals surface area contributed by atoms with Crippen molar-refractivity contribution in [2.45, 2.75) is 12.8 Å². The van der Waals surface area contributed by atoms with Crippen LogP contribution in [0.4, 0.5) is 0 Å². The van der Waals surface area contributed by atoms with E-state index in [2.05, 4.69) is 18.2 Å². The molecule has 0 fully saturated rings. The summed E-state index contributed by atoms with van der Waals surface area (Å²) in [6.07, 6.45) is 3.74. The maximum absolute atomic E-state index is 5.67. The van der Waals surface area contributed by atoms with Crippen LogP contribution in [-0.2, 0) is 15.9 Å². The first-order valence-electron chi connectivity index (χ1n) is 7.79. The molecule has 0 saturated carbocycles. The second-order valence-electron chi connectivity index (χ2n) is 5.41. The molecule has 2 heterocycles. The van der Waals surface area contributed by atoms with Gasteiger partial charge in [0.1, 0.15) is 5.75 Å². The van der Waals surface area contributed by atoms with Crippen molar-refractivity contribution in [3.8, 4) is 5.75 Å². The number of benzene rings is 1. The molecule has 4 nitrogen and oxygen atoms in total. The topological polar surface area (TPSA) is 40.6 Å². The van der Waals surface area contributed by atoms with Crippen molar-refractivity contribution in [3.05, 3.63) is 65.5 Å². The van der Waals surface area contributed by atoms with Crippen molar-refractivity contribution >= 4 is 5.57 Å². The lowest BCUT2D eigenvalue weighted by atomic mass is 10.0. The zero-order valence-electron chi connectivity index (χ0n) is 13.3. The Bertz CT molecular complexity index is 668. The van der Waals surface area contributed by atoms with E-state index in [4.69, 9.17) is 19.2 Å². The van der Waals surface area contributed by atoms with E-state index in [-0.39, 0.29) is 6.79 Å². The molecule has 0 saturated heterocycles. The molecule has 1 aliphatic rings. The van der Waals surface area contributed by atoms with Gasteiger partial charge in [-0.25, -0.2) is 4.98 Å². The van der Waals surface area contributed by atoms with Crippen LogP contribution < -0.4 is 4.74 Å². The van der Waals surface area contributed by atoms with E-state index in [1.165, 1.54) is 11.1 Å². The SMILES string of the molecule is COCOc1ccc(C2=CCOCC2)nc1Cc1ccccc1. The molecule has 4 heteroatoms. The van der Waals surface area contributed by atoms with Crippen LogP contribution in [0.2, 0.25) is 0 Å². The monoisotopic (exact) mass is 311 g/mol. The van der Waals surface area contributed by atoms with Crippen LogP contribution >= 0.6 is 0 Å². The quantitative estimate of drug-likeness (QED) is 0.766. The van der Waals surface area contributed by atoms with Crippen LogP contribution in [0.15, 0.2) is 48.5 Å². The molecule has 0 N–H and O–H groups in total. The molecule has 2 aromatic rings. The van der Waals surface area contributed by atoms with Gasteiger partial charge in [0.25, 0.3) is 0 Å². The van der Waals surface area contributed by atoms with Crippen molar-refractivity contribution in [2.75, 3.05) is 27.1 Å². The fourth-order valence-corrected chi connectivity index (χ4v) is 2.60. The van der Waals surface area contributed by atoms with Crippen molar-refractivity contribution in [1.29, 1.82) is 0 Å². The van der Waals surface area contributed by atoms with E-state index in [0.29, 0.717) is 6.61 Å². The number of hydrogen-bond donors (Lipinski definition) is 0. The molecule has 0 aliphatic carbocycles. The highest BCUT2D eigenvalue weighted by atomic mass is 16.7. The molecular formula is C19H21NO3. The second kappa shape index (κ2) is 7.90. The van der Waals surface area contributed by atoms with Gasteiger partial charge in [-0.3, -0.25) is 0 Å². The Balaban J connectivity index is 1.89. The highest BCUT2D eigenvalue weighted by molar-refractivity contribution is 5.64. The maximum Gasteiger partial charge on any atom is 0.188 e. The Hall–Kier alpha value is -2.17. The second-order valence-corrected chi connectivity index (χ2v) is 5.41. The van der Waals surface area contributed by atoms with Crippen LogP contribution in [0.1, 0.15) is 23.4 Å². The summed E-state index contributed by atoms with van der Waals surface area (Å²) < 4.78 is 16.1. The van der Waals surface area contributed by atoms with Crippen molar-refractivity contribution in [3.63, 3.8) is 0 Å². The lowest BCUT2D eigenvalue weighted by Gasteiger charge is -2.16. The standard InChI is InChI=1S/C19H21NO3/c1-21-14-23-19-8-7-17(16-9-11-22-12-10-16)20-18(19)13-15-5-3-2-4-6-15/h2-9H,10-14H2,1H3. The van der Waals surface area contributed by atoms with Gasteiger partial charge >= 0.3 is 0 Å². The molecule has 120 valence electrons. The fourth-order valence-electron chi connectivity index (χ4n) is 2.60. The number of pyridine rings is 1. The van der Waals surface area contributed by atoms with Crippen molar-refractivity contribution in [1.82, 2.24) is 4.98 Å². The van der Waals surface area contributed by atoms with Crippen LogP contribution in [0.5, 0.6) is 5.75 Å². The summed E-state index contributed by atoms with van der Waals surface area (Å²) in [6.45, 7) is 1.63. The smallest absolute Gasteiger partial charge is 0.188 e. The van der Waals surface area contributed by atoms with E-state index in [0.717, 1.165) is 36.6 Å². The van der Waals surface area contributed by atoms with Gasteiger partial charge in [0.05, 0.1) is 24.6 Å². The fraction of sp³-hybridized carbons (Fsp3) is 0.316. The number of nitrogens with zero attached hydrogens (tertiary/aromatic N) is 1. The van der Waals surface area contributed by atoms with Crippen LogP contribution in [0.3, 0.4) is 0 Å². The molecule has 3 rings (SSSR count). The first-order chi connectivity index (χ1) is 11.4. The largest absolute Gasteiger partial charge is 0.466 e. The van der Waals surface area contributed by atoms with Crippen LogP contribution in [-0.4, -0.2) is 32.1 Å². The molecule has 0 amide bonds. The maximum atomic E-state index is 5.67. The summed E-state index contributed by atoms with van der Waals surface area (Å²) in [6, 6.07) is 14.3. The summed E-state index contributed by atoms with van der Waals surface area (Å²) in [5.74, 6) is 0.770. The third-order valence-corrected chi connectivity index (χ3v) is 3.77. The third kappa shape index (κ3) is 4.18. The lowest BCUT2D eigenvalue weighted by molar-refractivity contribution is 0.0501. The van der Waals surface area contributed by atoms with Gasteiger partial charge in [0, 0.05) is 13.5 Å². The summed E-state index contributed by atoms with van der Waals surface area (Å²) >= 11 is 0. The summed E-state index contributed by atoms with van der Waals surface area (Å²) in [4.78, 5) is 4.84. The Morgan fingerprint density at radius 3 is 2.74 bits per heavy atom. The van der Waals surface area contributed by atoms with Crippen molar-refractivity contribution in [2.24, 2.45) is 0 Å². The average molecular weight is 311 g/mol. The molecule has 0 bridgehead atoms. The number of rotatable bonds is 6. The van der Waals surface area contributed by atoms with Gasteiger partial charge in [-0.15, -0.1) is 0 Å². The zero-order valence-corrected chi connectivity index (χ0v) is 13.3. The van der Waals surface area contributed by atoms with Gasteiger partial charge in [-0.1, -0.05) is 36.4 Å². The van der Waals surface area contributed by atoms with Gasteiger partial charge in [0.15, 0.2) is 6.79 Å². The highest BCUT2D eigenvalue weighted by Gasteiger charge is 2.13. The molecular weight excluding hydrogens is 290 g/mol. The summed E-state index contributed by atoms with van der Waals surface area (Å²) in [7, 11) is 1.62. The van der Waals surface area contributed by atoms with Crippen molar-refractivity contribution < 1.29 is 14.2 Å². The minimum absolute atomic E-state index is 0.222. The molecule has 1 aromatic carbocycles. The zero-order chi connectivity index (χ0) is 15.9. The van der Waals surface area contributed by atoms with E-state index in [1.807, 2.05) is 30.3 Å². The minimum atomic E-state index is 0.222. The Kier molecular flexibility index (Phi) is 5.40. The average Bonchev–Trinajstić information content (AvgIpc) is 2.62. The number of aromatic nitrogens is 1.